The van der Waals surface area contributed by atoms with Crippen LogP contribution in [0.25, 0.3) is 0 Å². The van der Waals surface area contributed by atoms with Gasteiger partial charge in [-0.05, 0) is 12.8 Å². The van der Waals surface area contributed by atoms with Crippen LogP contribution in [-0.4, -0.2) is 40.5 Å². The number of aliphatic hydroxyl groups excluding tert-OH is 1. The summed E-state index contributed by atoms with van der Waals surface area (Å²) in [6, 6.07) is -0.604. The van der Waals surface area contributed by atoms with Crippen molar-refractivity contribution < 1.29 is 14.7 Å². The first-order valence-electron chi connectivity index (χ1n) is 5.37. The third kappa shape index (κ3) is 1.84. The smallest absolute Gasteiger partial charge is 0.240 e. The SMILES string of the molecule is NC(=O)C1CC(O)CN1C(=O)C1CCC1. The number of likely N-dealkylation sites (tertiary alicyclic amines) is 1. The molecule has 3 N–H and O–H groups in total. The molecular formula is C10H16N2O3. The number of primary amides is 1. The van der Waals surface area contributed by atoms with Crippen LogP contribution < -0.4 is 5.73 Å². The van der Waals surface area contributed by atoms with Crippen LogP contribution in [0, 0.1) is 5.92 Å². The van der Waals surface area contributed by atoms with E-state index in [4.69, 9.17) is 5.73 Å². The average Bonchev–Trinajstić information content (AvgIpc) is 2.44. The largest absolute Gasteiger partial charge is 0.391 e. The molecule has 84 valence electrons. The number of nitrogens with two attached hydrogens (primary N) is 1. The topological polar surface area (TPSA) is 83.6 Å². The highest BCUT2D eigenvalue weighted by molar-refractivity contribution is 5.88. The summed E-state index contributed by atoms with van der Waals surface area (Å²) in [5.41, 5.74) is 5.20. The van der Waals surface area contributed by atoms with Crippen molar-refractivity contribution in [3.8, 4) is 0 Å². The van der Waals surface area contributed by atoms with Crippen LogP contribution in [0.4, 0.5) is 0 Å². The Morgan fingerprint density at radius 1 is 1.33 bits per heavy atom. The van der Waals surface area contributed by atoms with E-state index in [1.54, 1.807) is 0 Å². The minimum atomic E-state index is -0.605. The molecule has 5 heteroatoms. The van der Waals surface area contributed by atoms with Crippen LogP contribution in [0.1, 0.15) is 25.7 Å². The van der Waals surface area contributed by atoms with Gasteiger partial charge in [0.05, 0.1) is 6.10 Å². The lowest BCUT2D eigenvalue weighted by Gasteiger charge is -2.31. The number of carbonyl (C=O) groups is 2. The Balaban J connectivity index is 2.05. The summed E-state index contributed by atoms with van der Waals surface area (Å²) in [6.45, 7) is 0.253. The zero-order valence-corrected chi connectivity index (χ0v) is 8.56. The lowest BCUT2D eigenvalue weighted by atomic mass is 9.84. The molecule has 2 atom stereocenters. The molecule has 1 aliphatic carbocycles. The summed E-state index contributed by atoms with van der Waals surface area (Å²) in [5.74, 6) is -0.474. The fourth-order valence-electron chi connectivity index (χ4n) is 2.22. The highest BCUT2D eigenvalue weighted by Crippen LogP contribution is 2.31. The van der Waals surface area contributed by atoms with Gasteiger partial charge in [0.15, 0.2) is 0 Å². The van der Waals surface area contributed by atoms with Gasteiger partial charge in [0.25, 0.3) is 0 Å². The summed E-state index contributed by atoms with van der Waals surface area (Å²) in [7, 11) is 0. The molecule has 15 heavy (non-hydrogen) atoms. The molecule has 0 aromatic heterocycles. The second-order valence-electron chi connectivity index (χ2n) is 4.43. The summed E-state index contributed by atoms with van der Waals surface area (Å²) in [4.78, 5) is 24.5. The van der Waals surface area contributed by atoms with E-state index in [2.05, 4.69) is 0 Å². The molecule has 1 saturated carbocycles. The Kier molecular flexibility index (Phi) is 2.65. The summed E-state index contributed by atoms with van der Waals surface area (Å²) in [6.07, 6.45) is 2.56. The number of rotatable bonds is 2. The van der Waals surface area contributed by atoms with Gasteiger partial charge >= 0.3 is 0 Å². The zero-order chi connectivity index (χ0) is 11.0. The summed E-state index contributed by atoms with van der Waals surface area (Å²) in [5, 5.41) is 9.44. The Labute approximate surface area is 88.2 Å². The van der Waals surface area contributed by atoms with Crippen molar-refractivity contribution in [2.45, 2.75) is 37.8 Å². The number of hydrogen-bond donors (Lipinski definition) is 2. The van der Waals surface area contributed by atoms with E-state index in [9.17, 15) is 14.7 Å². The first-order chi connectivity index (χ1) is 7.09. The maximum Gasteiger partial charge on any atom is 0.240 e. The predicted octanol–water partition coefficient (Wildman–Crippen LogP) is -0.766. The van der Waals surface area contributed by atoms with Crippen LogP contribution in [0.3, 0.4) is 0 Å². The molecule has 5 nitrogen and oxygen atoms in total. The monoisotopic (exact) mass is 212 g/mol. The first kappa shape index (κ1) is 10.4. The average molecular weight is 212 g/mol. The quantitative estimate of drug-likeness (QED) is 0.630. The molecule has 2 aliphatic rings. The van der Waals surface area contributed by atoms with Crippen molar-refractivity contribution in [3.63, 3.8) is 0 Å². The van der Waals surface area contributed by atoms with E-state index in [0.29, 0.717) is 0 Å². The normalized spacial score (nSPS) is 31.4. The second-order valence-corrected chi connectivity index (χ2v) is 4.43. The molecule has 0 aromatic carbocycles. The molecule has 2 unspecified atom stereocenters. The number of carbonyl (C=O) groups excluding carboxylic acids is 2. The van der Waals surface area contributed by atoms with Gasteiger partial charge in [0.1, 0.15) is 6.04 Å². The van der Waals surface area contributed by atoms with Gasteiger partial charge in [0, 0.05) is 18.9 Å². The van der Waals surface area contributed by atoms with E-state index < -0.39 is 18.1 Å². The Morgan fingerprint density at radius 2 is 2.00 bits per heavy atom. The maximum absolute atomic E-state index is 11.9. The number of β-amino-alcohol motifs (C(OH)–C–C–N with tert-alkyl or cyclic N) is 1. The number of amides is 2. The zero-order valence-electron chi connectivity index (χ0n) is 8.56. The van der Waals surface area contributed by atoms with Crippen molar-refractivity contribution in [3.05, 3.63) is 0 Å². The Hall–Kier alpha value is -1.10. The standard InChI is InChI=1S/C10H16N2O3/c11-9(14)8-4-7(13)5-12(8)10(15)6-2-1-3-6/h6-8,13H,1-5H2,(H2,11,14). The number of nitrogens with zero attached hydrogens (tertiary/aromatic N) is 1. The van der Waals surface area contributed by atoms with Crippen molar-refractivity contribution in [1.29, 1.82) is 0 Å². The molecular weight excluding hydrogens is 196 g/mol. The van der Waals surface area contributed by atoms with Crippen LogP contribution >= 0.6 is 0 Å². The molecule has 1 heterocycles. The molecule has 0 radical (unpaired) electrons. The fraction of sp³-hybridized carbons (Fsp3) is 0.800. The molecule has 2 amide bonds. The van der Waals surface area contributed by atoms with Crippen LogP contribution in [-0.2, 0) is 9.59 Å². The highest BCUT2D eigenvalue weighted by Gasteiger charge is 2.41. The van der Waals surface area contributed by atoms with Crippen LogP contribution in [0.2, 0.25) is 0 Å². The van der Waals surface area contributed by atoms with Crippen molar-refractivity contribution in [2.75, 3.05) is 6.54 Å². The van der Waals surface area contributed by atoms with Crippen molar-refractivity contribution >= 4 is 11.8 Å². The summed E-state index contributed by atoms with van der Waals surface area (Å²) >= 11 is 0. The van der Waals surface area contributed by atoms with Crippen molar-refractivity contribution in [2.24, 2.45) is 11.7 Å². The third-order valence-electron chi connectivity index (χ3n) is 3.34. The minimum absolute atomic E-state index is 0.0124. The van der Waals surface area contributed by atoms with Crippen molar-refractivity contribution in [1.82, 2.24) is 4.90 Å². The van der Waals surface area contributed by atoms with Crippen LogP contribution in [0.5, 0.6) is 0 Å². The van der Waals surface area contributed by atoms with Gasteiger partial charge in [-0.2, -0.15) is 0 Å². The number of hydrogen-bond acceptors (Lipinski definition) is 3. The molecule has 1 aliphatic heterocycles. The van der Waals surface area contributed by atoms with E-state index in [1.807, 2.05) is 0 Å². The molecule has 2 rings (SSSR count). The van der Waals surface area contributed by atoms with Crippen LogP contribution in [0.15, 0.2) is 0 Å². The molecule has 0 bridgehead atoms. The lowest BCUT2D eigenvalue weighted by Crippen LogP contribution is -2.47. The summed E-state index contributed by atoms with van der Waals surface area (Å²) < 4.78 is 0. The maximum atomic E-state index is 11.9. The number of aliphatic hydroxyl groups is 1. The Morgan fingerprint density at radius 3 is 2.47 bits per heavy atom. The third-order valence-corrected chi connectivity index (χ3v) is 3.34. The van der Waals surface area contributed by atoms with E-state index in [-0.39, 0.29) is 24.8 Å². The molecule has 0 aromatic rings. The molecule has 0 spiro atoms. The van der Waals surface area contributed by atoms with Gasteiger partial charge in [-0.25, -0.2) is 0 Å². The van der Waals surface area contributed by atoms with Gasteiger partial charge < -0.3 is 15.7 Å². The fourth-order valence-corrected chi connectivity index (χ4v) is 2.22. The molecule has 2 fully saturated rings. The van der Waals surface area contributed by atoms with Gasteiger partial charge in [-0.15, -0.1) is 0 Å². The van der Waals surface area contributed by atoms with E-state index >= 15 is 0 Å². The first-order valence-corrected chi connectivity index (χ1v) is 5.37. The van der Waals surface area contributed by atoms with Gasteiger partial charge in [-0.1, -0.05) is 6.42 Å². The second kappa shape index (κ2) is 3.81. The van der Waals surface area contributed by atoms with E-state index in [1.165, 1.54) is 4.90 Å². The predicted molar refractivity (Wildman–Crippen MR) is 52.7 cm³/mol. The minimum Gasteiger partial charge on any atom is -0.391 e. The van der Waals surface area contributed by atoms with E-state index in [0.717, 1.165) is 19.3 Å². The van der Waals surface area contributed by atoms with Gasteiger partial charge in [0.2, 0.25) is 11.8 Å². The highest BCUT2D eigenvalue weighted by atomic mass is 16.3. The molecule has 1 saturated heterocycles. The van der Waals surface area contributed by atoms with Gasteiger partial charge in [-0.3, -0.25) is 9.59 Å². The lowest BCUT2D eigenvalue weighted by molar-refractivity contribution is -0.143. The Bertz CT molecular complexity index is 288.